The van der Waals surface area contributed by atoms with Crippen molar-refractivity contribution in [3.63, 3.8) is 0 Å². The summed E-state index contributed by atoms with van der Waals surface area (Å²) in [5.74, 6) is 3.14. The summed E-state index contributed by atoms with van der Waals surface area (Å²) < 4.78 is 9.70. The first-order valence-corrected chi connectivity index (χ1v) is 27.1. The van der Waals surface area contributed by atoms with Gasteiger partial charge < -0.3 is 14.5 Å². The quantitative estimate of drug-likeness (QED) is 0.137. The minimum atomic E-state index is -0.219. The zero-order chi connectivity index (χ0) is 53.4. The van der Waals surface area contributed by atoms with E-state index in [9.17, 15) is 0 Å². The first-order chi connectivity index (χ1) is 34.6. The van der Waals surface area contributed by atoms with Crippen molar-refractivity contribution in [3.05, 3.63) is 196 Å². The Balaban J connectivity index is 1.25. The lowest BCUT2D eigenvalue weighted by Crippen LogP contribution is -2.28. The molecule has 6 aromatic carbocycles. The number of nitrogens with zero attached hydrogens (tertiary/aromatic N) is 4. The van der Waals surface area contributed by atoms with E-state index < -0.39 is 0 Å². The van der Waals surface area contributed by atoms with Crippen LogP contribution in [0.2, 0.25) is 0 Å². The van der Waals surface area contributed by atoms with Crippen LogP contribution in [0.1, 0.15) is 187 Å². The van der Waals surface area contributed by atoms with E-state index >= 15 is 0 Å². The zero-order valence-electron chi connectivity index (χ0n) is 47.9. The largest absolute Gasteiger partial charge is 0.457 e. The number of benzene rings is 6. The summed E-state index contributed by atoms with van der Waals surface area (Å²) >= 11 is 0. The van der Waals surface area contributed by atoms with Crippen LogP contribution in [0.4, 0.5) is 11.4 Å². The summed E-state index contributed by atoms with van der Waals surface area (Å²) in [4.78, 5) is 10.1. The highest BCUT2D eigenvalue weighted by molar-refractivity contribution is 6.11. The molecule has 0 atom stereocenters. The van der Waals surface area contributed by atoms with Crippen LogP contribution in [0.25, 0.3) is 33.3 Å². The van der Waals surface area contributed by atoms with Crippen molar-refractivity contribution in [3.8, 4) is 17.3 Å². The van der Waals surface area contributed by atoms with Crippen molar-refractivity contribution in [2.45, 2.75) is 164 Å². The van der Waals surface area contributed by atoms with Crippen LogP contribution in [-0.4, -0.2) is 16.2 Å². The molecule has 8 aromatic rings. The maximum atomic E-state index is 7.35. The van der Waals surface area contributed by atoms with Gasteiger partial charge in [0.25, 0.3) is 0 Å². The van der Waals surface area contributed by atoms with Gasteiger partial charge in [0.15, 0.2) is 0 Å². The van der Waals surface area contributed by atoms with Gasteiger partial charge >= 0.3 is 0 Å². The summed E-state index contributed by atoms with van der Waals surface area (Å²) in [7, 11) is 0. The maximum Gasteiger partial charge on any atom is 0.137 e. The van der Waals surface area contributed by atoms with E-state index in [-0.39, 0.29) is 27.1 Å². The van der Waals surface area contributed by atoms with Crippen molar-refractivity contribution in [2.24, 2.45) is 0 Å². The summed E-state index contributed by atoms with van der Waals surface area (Å²) in [6.07, 6.45) is 4.39. The standard InChI is InChI=1S/C69H82N4O/c1-44(2)55-28-24-29-56(45(3)4)63(55)61-42-71(51-34-48(66(8,9)10)33-50(36-51)69(17,18)46-25-20-19-21-26-46)43-72(61)52-35-49(67(11,12)13)37-53(39-52)74-54-40-58(68(14,15)16)64-57-27-22-23-30-59(57)73(60(64)41-54)62-38-47(31-32-70-62)65(5,6)7/h19-42,44-45H,43H2,1-18H3. The molecule has 1 aliphatic heterocycles. The van der Waals surface area contributed by atoms with E-state index in [2.05, 4.69) is 279 Å². The van der Waals surface area contributed by atoms with Crippen LogP contribution < -0.4 is 14.5 Å². The molecule has 0 unspecified atom stereocenters. The van der Waals surface area contributed by atoms with Gasteiger partial charge in [-0.15, -0.1) is 0 Å². The Labute approximate surface area is 444 Å². The smallest absolute Gasteiger partial charge is 0.137 e. The third-order valence-electron chi connectivity index (χ3n) is 15.5. The summed E-state index contributed by atoms with van der Waals surface area (Å²) in [5.41, 5.74) is 16.6. The van der Waals surface area contributed by atoms with E-state index in [0.717, 1.165) is 34.0 Å². The average molecular weight is 983 g/mol. The molecule has 3 heterocycles. The Bertz CT molecular complexity index is 3380. The first kappa shape index (κ1) is 52.3. The molecule has 0 saturated heterocycles. The Morgan fingerprint density at radius 1 is 0.486 bits per heavy atom. The van der Waals surface area contributed by atoms with Gasteiger partial charge in [-0.3, -0.25) is 4.57 Å². The molecule has 0 radical (unpaired) electrons. The lowest BCUT2D eigenvalue weighted by molar-refractivity contribution is 0.476. The second-order valence-corrected chi connectivity index (χ2v) is 26.4. The van der Waals surface area contributed by atoms with Crippen LogP contribution in [-0.2, 0) is 27.1 Å². The average Bonchev–Trinajstić information content (AvgIpc) is 3.93. The predicted molar refractivity (Wildman–Crippen MR) is 317 cm³/mol. The van der Waals surface area contributed by atoms with E-state index in [1.807, 2.05) is 6.20 Å². The lowest BCUT2D eigenvalue weighted by Gasteiger charge is -2.32. The SMILES string of the molecule is CC(C)c1cccc(C(C)C)c1C1=CN(c2cc(C(C)(C)C)cc(C(C)(C)c3ccccc3)c2)CN1c1cc(Oc2cc(C(C)(C)C)c3c4ccccc4n(-c4cc(C(C)(C)C)ccn4)c3c2)cc(C(C)(C)C)c1. The fraction of sp³-hybridized carbons (Fsp3) is 0.377. The third kappa shape index (κ3) is 10.0. The van der Waals surface area contributed by atoms with E-state index in [0.29, 0.717) is 18.5 Å². The number of para-hydroxylation sites is 1. The molecule has 0 N–H and O–H groups in total. The lowest BCUT2D eigenvalue weighted by atomic mass is 9.75. The van der Waals surface area contributed by atoms with Crippen LogP contribution in [0.5, 0.6) is 11.5 Å². The minimum Gasteiger partial charge on any atom is -0.457 e. The normalized spacial score (nSPS) is 14.0. The third-order valence-corrected chi connectivity index (χ3v) is 15.5. The zero-order valence-corrected chi connectivity index (χ0v) is 47.9. The Morgan fingerprint density at radius 2 is 1.07 bits per heavy atom. The van der Waals surface area contributed by atoms with Crippen molar-refractivity contribution in [1.29, 1.82) is 0 Å². The number of hydrogen-bond acceptors (Lipinski definition) is 4. The molecule has 74 heavy (non-hydrogen) atoms. The number of hydrogen-bond donors (Lipinski definition) is 0. The molecule has 0 aliphatic carbocycles. The maximum absolute atomic E-state index is 7.35. The fourth-order valence-electron chi connectivity index (χ4n) is 10.8. The van der Waals surface area contributed by atoms with Gasteiger partial charge in [-0.2, -0.15) is 0 Å². The molecule has 0 spiro atoms. The molecular weight excluding hydrogens is 901 g/mol. The van der Waals surface area contributed by atoms with Gasteiger partial charge in [0.05, 0.1) is 23.4 Å². The number of anilines is 2. The van der Waals surface area contributed by atoms with Gasteiger partial charge in [-0.25, -0.2) is 4.98 Å². The molecule has 1 aliphatic rings. The Hall–Kier alpha value is -6.59. The topological polar surface area (TPSA) is 33.5 Å². The van der Waals surface area contributed by atoms with Gasteiger partial charge in [0.2, 0.25) is 0 Å². The second-order valence-electron chi connectivity index (χ2n) is 26.4. The summed E-state index contributed by atoms with van der Waals surface area (Å²) in [6, 6.07) is 49.8. The number of fused-ring (bicyclic) bond motifs is 3. The van der Waals surface area contributed by atoms with E-state index in [1.54, 1.807) is 0 Å². The molecule has 0 saturated carbocycles. The number of aromatic nitrogens is 2. The monoisotopic (exact) mass is 983 g/mol. The molecule has 5 nitrogen and oxygen atoms in total. The Morgan fingerprint density at radius 3 is 1.69 bits per heavy atom. The van der Waals surface area contributed by atoms with Gasteiger partial charge in [0.1, 0.15) is 17.3 Å². The molecule has 384 valence electrons. The van der Waals surface area contributed by atoms with Crippen molar-refractivity contribution >= 4 is 38.9 Å². The van der Waals surface area contributed by atoms with Crippen molar-refractivity contribution < 1.29 is 4.74 Å². The molecule has 0 amide bonds. The number of pyridine rings is 1. The minimum absolute atomic E-state index is 0.0373. The van der Waals surface area contributed by atoms with Crippen LogP contribution in [0.15, 0.2) is 146 Å². The van der Waals surface area contributed by atoms with Gasteiger partial charge in [0, 0.05) is 57.7 Å². The fourth-order valence-corrected chi connectivity index (χ4v) is 10.8. The molecule has 9 rings (SSSR count). The van der Waals surface area contributed by atoms with Crippen molar-refractivity contribution in [2.75, 3.05) is 16.5 Å². The van der Waals surface area contributed by atoms with Crippen LogP contribution in [0, 0.1) is 0 Å². The summed E-state index contributed by atoms with van der Waals surface area (Å²) in [5, 5.41) is 2.44. The molecule has 0 bridgehead atoms. The second kappa shape index (κ2) is 19.0. The highest BCUT2D eigenvalue weighted by Crippen LogP contribution is 2.47. The van der Waals surface area contributed by atoms with Gasteiger partial charge in [-0.1, -0.05) is 197 Å². The van der Waals surface area contributed by atoms with Crippen molar-refractivity contribution in [1.82, 2.24) is 9.55 Å². The predicted octanol–water partition coefficient (Wildman–Crippen LogP) is 19.0. The van der Waals surface area contributed by atoms with Crippen LogP contribution >= 0.6 is 0 Å². The Kier molecular flexibility index (Phi) is 13.4. The van der Waals surface area contributed by atoms with Crippen LogP contribution in [0.3, 0.4) is 0 Å². The molecule has 2 aromatic heterocycles. The van der Waals surface area contributed by atoms with Gasteiger partial charge in [-0.05, 0) is 127 Å². The van der Waals surface area contributed by atoms with E-state index in [4.69, 9.17) is 9.72 Å². The molecule has 5 heteroatoms. The highest BCUT2D eigenvalue weighted by Gasteiger charge is 2.34. The first-order valence-electron chi connectivity index (χ1n) is 27.1. The van der Waals surface area contributed by atoms with E-state index in [1.165, 1.54) is 72.2 Å². The number of ether oxygens (including phenoxy) is 1. The summed E-state index contributed by atoms with van der Waals surface area (Å²) in [6.45, 7) is 42.3. The highest BCUT2D eigenvalue weighted by atomic mass is 16.5. The molecular formula is C69H82N4O. The molecule has 0 fully saturated rings. The number of rotatable bonds is 10.